The van der Waals surface area contributed by atoms with E-state index in [4.69, 9.17) is 4.74 Å². The van der Waals surface area contributed by atoms with Gasteiger partial charge in [0.1, 0.15) is 0 Å². The molecule has 0 saturated heterocycles. The number of benzene rings is 1. The van der Waals surface area contributed by atoms with E-state index >= 15 is 0 Å². The first-order valence-corrected chi connectivity index (χ1v) is 10.4. The minimum atomic E-state index is -0.654. The molecule has 1 aliphatic carbocycles. The van der Waals surface area contributed by atoms with Crippen molar-refractivity contribution >= 4 is 17.7 Å². The van der Waals surface area contributed by atoms with Crippen LogP contribution in [0.25, 0.3) is 0 Å². The summed E-state index contributed by atoms with van der Waals surface area (Å²) in [5.74, 6) is -0.854. The van der Waals surface area contributed by atoms with Crippen molar-refractivity contribution in [3.8, 4) is 0 Å². The Morgan fingerprint density at radius 2 is 1.73 bits per heavy atom. The Kier molecular flexibility index (Phi) is 6.75. The highest BCUT2D eigenvalue weighted by Gasteiger charge is 2.44. The van der Waals surface area contributed by atoms with Crippen LogP contribution in [-0.2, 0) is 31.0 Å². The minimum absolute atomic E-state index is 0.231. The molecule has 0 aliphatic heterocycles. The maximum Gasteiger partial charge on any atom is 0.317 e. The Hall–Kier alpha value is -2.89. The summed E-state index contributed by atoms with van der Waals surface area (Å²) < 4.78 is 12.1. The molecule has 1 saturated carbocycles. The maximum atomic E-state index is 13.0. The van der Waals surface area contributed by atoms with Crippen LogP contribution in [0.3, 0.4) is 0 Å². The zero-order chi connectivity index (χ0) is 21.7. The fraction of sp³-hybridized carbons (Fsp3) is 0.458. The number of Topliss-reactive ketones (excluding diaryl/α,β-unsaturated/α-hetero) is 1. The van der Waals surface area contributed by atoms with Gasteiger partial charge < -0.3 is 14.0 Å². The highest BCUT2D eigenvalue weighted by atomic mass is 16.5. The van der Waals surface area contributed by atoms with Crippen LogP contribution in [0.1, 0.15) is 59.4 Å². The molecule has 3 rings (SSSR count). The summed E-state index contributed by atoms with van der Waals surface area (Å²) in [6, 6.07) is 11.5. The summed E-state index contributed by atoms with van der Waals surface area (Å²) in [5, 5.41) is 0. The molecule has 2 aromatic rings. The molecule has 0 spiro atoms. The van der Waals surface area contributed by atoms with E-state index in [1.807, 2.05) is 48.7 Å². The van der Waals surface area contributed by atoms with E-state index in [2.05, 4.69) is 4.74 Å². The largest absolute Gasteiger partial charge is 0.469 e. The fourth-order valence-electron chi connectivity index (χ4n) is 4.43. The number of aromatic nitrogens is 1. The molecule has 6 nitrogen and oxygen atoms in total. The molecule has 1 fully saturated rings. The standard InChI is InChI=1S/C24H29NO5/c1-17-15-20(18(2)25(17)14-11-22(27)29-3)21(26)16-30-23(28)24(12-7-8-13-24)19-9-5-4-6-10-19/h4-6,9-10,15H,7-8,11-14,16H2,1-3H3. The van der Waals surface area contributed by atoms with Gasteiger partial charge in [0, 0.05) is 23.5 Å². The summed E-state index contributed by atoms with van der Waals surface area (Å²) in [7, 11) is 1.35. The van der Waals surface area contributed by atoms with Gasteiger partial charge in [0.15, 0.2) is 6.61 Å². The molecule has 160 valence electrons. The molecule has 6 heteroatoms. The van der Waals surface area contributed by atoms with E-state index in [0.29, 0.717) is 12.1 Å². The number of carbonyl (C=O) groups excluding carboxylic acids is 3. The van der Waals surface area contributed by atoms with Crippen molar-refractivity contribution in [2.75, 3.05) is 13.7 Å². The van der Waals surface area contributed by atoms with Crippen molar-refractivity contribution in [3.05, 3.63) is 58.9 Å². The van der Waals surface area contributed by atoms with E-state index in [9.17, 15) is 14.4 Å². The number of methoxy groups -OCH3 is 1. The summed E-state index contributed by atoms with van der Waals surface area (Å²) in [4.78, 5) is 37.3. The lowest BCUT2D eigenvalue weighted by atomic mass is 9.79. The van der Waals surface area contributed by atoms with E-state index in [1.54, 1.807) is 6.07 Å². The van der Waals surface area contributed by atoms with Crippen molar-refractivity contribution in [1.29, 1.82) is 0 Å². The number of aryl methyl sites for hydroxylation is 1. The predicted octanol–water partition coefficient (Wildman–Crippen LogP) is 3.91. The number of esters is 2. The van der Waals surface area contributed by atoms with Crippen LogP contribution < -0.4 is 0 Å². The third-order valence-corrected chi connectivity index (χ3v) is 6.15. The summed E-state index contributed by atoms with van der Waals surface area (Å²) in [6.07, 6.45) is 3.66. The topological polar surface area (TPSA) is 74.6 Å². The average molecular weight is 411 g/mol. The molecule has 1 heterocycles. The number of hydrogen-bond acceptors (Lipinski definition) is 5. The fourth-order valence-corrected chi connectivity index (χ4v) is 4.43. The SMILES string of the molecule is COC(=O)CCn1c(C)cc(C(=O)COC(=O)C2(c3ccccc3)CCCC2)c1C. The Balaban J connectivity index is 1.69. The molecule has 0 N–H and O–H groups in total. The Labute approximate surface area is 177 Å². The number of hydrogen-bond donors (Lipinski definition) is 0. The van der Waals surface area contributed by atoms with Gasteiger partial charge in [-0.15, -0.1) is 0 Å². The van der Waals surface area contributed by atoms with Crippen molar-refractivity contribution < 1.29 is 23.9 Å². The van der Waals surface area contributed by atoms with Crippen LogP contribution in [0.15, 0.2) is 36.4 Å². The molecule has 1 aromatic carbocycles. The second kappa shape index (κ2) is 9.28. The van der Waals surface area contributed by atoms with Crippen molar-refractivity contribution in [3.63, 3.8) is 0 Å². The van der Waals surface area contributed by atoms with Gasteiger partial charge in [0.2, 0.25) is 5.78 Å². The predicted molar refractivity (Wildman–Crippen MR) is 112 cm³/mol. The second-order valence-electron chi connectivity index (χ2n) is 7.92. The summed E-state index contributed by atoms with van der Waals surface area (Å²) in [6.45, 7) is 3.88. The van der Waals surface area contributed by atoms with Crippen LogP contribution in [-0.4, -0.2) is 36.0 Å². The van der Waals surface area contributed by atoms with Gasteiger partial charge in [0.05, 0.1) is 18.9 Å². The van der Waals surface area contributed by atoms with E-state index in [1.165, 1.54) is 7.11 Å². The monoisotopic (exact) mass is 411 g/mol. The molecule has 0 unspecified atom stereocenters. The molecule has 0 bridgehead atoms. The minimum Gasteiger partial charge on any atom is -0.469 e. The number of carbonyl (C=O) groups is 3. The van der Waals surface area contributed by atoms with Crippen LogP contribution in [0.2, 0.25) is 0 Å². The van der Waals surface area contributed by atoms with Gasteiger partial charge in [-0.25, -0.2) is 0 Å². The van der Waals surface area contributed by atoms with E-state index < -0.39 is 5.41 Å². The Bertz CT molecular complexity index is 923. The Morgan fingerprint density at radius 3 is 2.37 bits per heavy atom. The van der Waals surface area contributed by atoms with Crippen LogP contribution >= 0.6 is 0 Å². The maximum absolute atomic E-state index is 13.0. The lowest BCUT2D eigenvalue weighted by Crippen LogP contribution is -2.35. The van der Waals surface area contributed by atoms with Gasteiger partial charge in [-0.2, -0.15) is 0 Å². The number of ether oxygens (including phenoxy) is 2. The lowest BCUT2D eigenvalue weighted by Gasteiger charge is -2.27. The second-order valence-corrected chi connectivity index (χ2v) is 7.92. The molecule has 30 heavy (non-hydrogen) atoms. The van der Waals surface area contributed by atoms with Gasteiger partial charge in [0.25, 0.3) is 0 Å². The third-order valence-electron chi connectivity index (χ3n) is 6.15. The summed E-state index contributed by atoms with van der Waals surface area (Å²) in [5.41, 5.74) is 2.46. The molecule has 0 amide bonds. The van der Waals surface area contributed by atoms with Gasteiger partial charge in [-0.05, 0) is 38.3 Å². The molecular weight excluding hydrogens is 382 g/mol. The van der Waals surface area contributed by atoms with Crippen molar-refractivity contribution in [2.45, 2.75) is 57.9 Å². The van der Waals surface area contributed by atoms with Crippen molar-refractivity contribution in [2.24, 2.45) is 0 Å². The Morgan fingerprint density at radius 1 is 1.07 bits per heavy atom. The van der Waals surface area contributed by atoms with Crippen molar-refractivity contribution in [1.82, 2.24) is 4.57 Å². The van der Waals surface area contributed by atoms with Gasteiger partial charge in [-0.3, -0.25) is 14.4 Å². The third kappa shape index (κ3) is 4.32. The summed E-state index contributed by atoms with van der Waals surface area (Å²) >= 11 is 0. The number of ketones is 1. The van der Waals surface area contributed by atoms with E-state index in [-0.39, 0.29) is 30.7 Å². The normalized spacial score (nSPS) is 15.0. The van der Waals surface area contributed by atoms with Crippen LogP contribution in [0, 0.1) is 13.8 Å². The van der Waals surface area contributed by atoms with E-state index in [0.717, 1.165) is 42.6 Å². The van der Waals surface area contributed by atoms with Gasteiger partial charge in [-0.1, -0.05) is 43.2 Å². The first-order valence-electron chi connectivity index (χ1n) is 10.4. The first kappa shape index (κ1) is 21.8. The average Bonchev–Trinajstić information content (AvgIpc) is 3.37. The number of nitrogens with zero attached hydrogens (tertiary/aromatic N) is 1. The van der Waals surface area contributed by atoms with Gasteiger partial charge >= 0.3 is 11.9 Å². The number of rotatable bonds is 8. The quantitative estimate of drug-likeness (QED) is 0.486. The molecular formula is C24H29NO5. The molecule has 1 aliphatic rings. The smallest absolute Gasteiger partial charge is 0.317 e. The highest BCUT2D eigenvalue weighted by molar-refractivity contribution is 5.99. The van der Waals surface area contributed by atoms with Crippen LogP contribution in [0.5, 0.6) is 0 Å². The molecule has 0 radical (unpaired) electrons. The molecule has 0 atom stereocenters. The molecule has 1 aromatic heterocycles. The first-order chi connectivity index (χ1) is 14.4. The lowest BCUT2D eigenvalue weighted by molar-refractivity contribution is -0.149. The zero-order valence-corrected chi connectivity index (χ0v) is 17.9. The highest BCUT2D eigenvalue weighted by Crippen LogP contribution is 2.42. The van der Waals surface area contributed by atoms with Crippen LogP contribution in [0.4, 0.5) is 0 Å². The zero-order valence-electron chi connectivity index (χ0n) is 17.9.